The number of fused-ring (bicyclic) bond motifs is 1. The molecule has 2 N–H and O–H groups in total. The van der Waals surface area contributed by atoms with Crippen LogP contribution >= 0.6 is 0 Å². The third-order valence-electron chi connectivity index (χ3n) is 5.48. The number of nitrogens with two attached hydrogens (primary N) is 1. The summed E-state index contributed by atoms with van der Waals surface area (Å²) in [5.41, 5.74) is 5.78. The van der Waals surface area contributed by atoms with Crippen LogP contribution in [0, 0.1) is 11.3 Å². The summed E-state index contributed by atoms with van der Waals surface area (Å²) in [6.45, 7) is 0. The summed E-state index contributed by atoms with van der Waals surface area (Å²) >= 11 is 0. The Balaban J connectivity index is 1.89. The van der Waals surface area contributed by atoms with Gasteiger partial charge in [-0.2, -0.15) is 18.4 Å². The largest absolute Gasteiger partial charge is 0.497 e. The number of amidine groups is 1. The summed E-state index contributed by atoms with van der Waals surface area (Å²) in [7, 11) is 1.53. The van der Waals surface area contributed by atoms with Crippen LogP contribution in [0.2, 0.25) is 0 Å². The summed E-state index contributed by atoms with van der Waals surface area (Å²) in [6.07, 6.45) is -5.14. The van der Waals surface area contributed by atoms with Crippen molar-refractivity contribution < 1.29 is 17.9 Å². The average Bonchev–Trinajstić information content (AvgIpc) is 2.78. The van der Waals surface area contributed by atoms with Crippen molar-refractivity contribution in [3.8, 4) is 22.9 Å². The van der Waals surface area contributed by atoms with E-state index in [4.69, 9.17) is 10.5 Å². The van der Waals surface area contributed by atoms with Gasteiger partial charge in [-0.25, -0.2) is 4.99 Å². The van der Waals surface area contributed by atoms with Crippen molar-refractivity contribution in [1.29, 1.82) is 5.26 Å². The molecule has 1 atom stereocenters. The topological polar surface area (TPSA) is 71.4 Å². The minimum absolute atomic E-state index is 0.0173. The lowest BCUT2D eigenvalue weighted by atomic mass is 9.78. The number of benzene rings is 3. The number of nitriles is 1. The first-order valence-corrected chi connectivity index (χ1v) is 9.48. The number of aliphatic imine (C=N–C) groups is 1. The summed E-state index contributed by atoms with van der Waals surface area (Å²) in [5.74, 6) is 0.404. The van der Waals surface area contributed by atoms with Crippen LogP contribution < -0.4 is 10.5 Å². The monoisotopic (exact) mass is 421 g/mol. The second kappa shape index (κ2) is 7.47. The second-order valence-electron chi connectivity index (χ2n) is 7.33. The van der Waals surface area contributed by atoms with Crippen molar-refractivity contribution in [2.24, 2.45) is 10.7 Å². The summed E-state index contributed by atoms with van der Waals surface area (Å²) in [6, 6.07) is 19.8. The van der Waals surface area contributed by atoms with Crippen molar-refractivity contribution >= 4 is 5.84 Å². The highest BCUT2D eigenvalue weighted by atomic mass is 19.4. The van der Waals surface area contributed by atoms with Gasteiger partial charge < -0.3 is 10.5 Å². The molecular weight excluding hydrogens is 403 g/mol. The molecule has 0 saturated heterocycles. The minimum Gasteiger partial charge on any atom is -0.497 e. The molecule has 0 aromatic heterocycles. The molecule has 1 aliphatic rings. The zero-order chi connectivity index (χ0) is 22.2. The van der Waals surface area contributed by atoms with E-state index in [0.29, 0.717) is 22.4 Å². The molecule has 1 heterocycles. The highest BCUT2D eigenvalue weighted by Gasteiger charge is 2.58. The van der Waals surface area contributed by atoms with Crippen LogP contribution in [-0.4, -0.2) is 19.1 Å². The Hall–Kier alpha value is -3.79. The summed E-state index contributed by atoms with van der Waals surface area (Å²) < 4.78 is 48.8. The molecule has 31 heavy (non-hydrogen) atoms. The fourth-order valence-corrected chi connectivity index (χ4v) is 3.89. The van der Waals surface area contributed by atoms with Gasteiger partial charge in [-0.15, -0.1) is 0 Å². The highest BCUT2D eigenvalue weighted by Crippen LogP contribution is 2.48. The third-order valence-corrected chi connectivity index (χ3v) is 5.48. The quantitative estimate of drug-likeness (QED) is 0.650. The lowest BCUT2D eigenvalue weighted by Crippen LogP contribution is -2.47. The van der Waals surface area contributed by atoms with Crippen LogP contribution in [0.25, 0.3) is 11.1 Å². The molecule has 156 valence electrons. The van der Waals surface area contributed by atoms with E-state index in [1.807, 2.05) is 6.07 Å². The van der Waals surface area contributed by atoms with E-state index in [2.05, 4.69) is 4.99 Å². The van der Waals surface area contributed by atoms with E-state index in [1.165, 1.54) is 31.4 Å². The van der Waals surface area contributed by atoms with Gasteiger partial charge in [-0.05, 0) is 58.7 Å². The Labute approximate surface area is 177 Å². The molecule has 0 aliphatic carbocycles. The van der Waals surface area contributed by atoms with Gasteiger partial charge in [-0.1, -0.05) is 30.3 Å². The normalized spacial score (nSPS) is 18.0. The van der Waals surface area contributed by atoms with Gasteiger partial charge in [0.2, 0.25) is 0 Å². The molecule has 0 amide bonds. The lowest BCUT2D eigenvalue weighted by molar-refractivity contribution is -0.189. The van der Waals surface area contributed by atoms with Crippen LogP contribution in [-0.2, 0) is 12.0 Å². The number of hydrogen-bond acceptors (Lipinski definition) is 4. The lowest BCUT2D eigenvalue weighted by Gasteiger charge is -2.37. The van der Waals surface area contributed by atoms with E-state index in [9.17, 15) is 18.4 Å². The summed E-state index contributed by atoms with van der Waals surface area (Å²) in [5, 5.41) is 9.17. The predicted octanol–water partition coefficient (Wildman–Crippen LogP) is 4.95. The molecule has 0 radical (unpaired) electrons. The number of ether oxygens (including phenoxy) is 1. The van der Waals surface area contributed by atoms with Gasteiger partial charge >= 0.3 is 6.18 Å². The Bertz CT molecular complexity index is 1230. The van der Waals surface area contributed by atoms with Gasteiger partial charge in [0.1, 0.15) is 11.6 Å². The van der Waals surface area contributed by atoms with E-state index < -0.39 is 18.1 Å². The van der Waals surface area contributed by atoms with Crippen LogP contribution in [0.1, 0.15) is 22.3 Å². The van der Waals surface area contributed by atoms with Crippen LogP contribution in [0.4, 0.5) is 13.2 Å². The van der Waals surface area contributed by atoms with E-state index in [0.717, 1.165) is 5.56 Å². The fourth-order valence-electron chi connectivity index (χ4n) is 3.89. The number of rotatable bonds is 3. The van der Waals surface area contributed by atoms with Crippen molar-refractivity contribution in [3.63, 3.8) is 0 Å². The molecule has 1 unspecified atom stereocenters. The molecule has 3 aromatic rings. The predicted molar refractivity (Wildman–Crippen MR) is 112 cm³/mol. The van der Waals surface area contributed by atoms with Crippen molar-refractivity contribution in [2.45, 2.75) is 18.1 Å². The fraction of sp³-hybridized carbons (Fsp3) is 0.167. The van der Waals surface area contributed by atoms with Crippen molar-refractivity contribution in [2.75, 3.05) is 7.11 Å². The molecule has 0 spiro atoms. The van der Waals surface area contributed by atoms with Crippen LogP contribution in [0.3, 0.4) is 0 Å². The van der Waals surface area contributed by atoms with Gasteiger partial charge in [0.15, 0.2) is 5.54 Å². The highest BCUT2D eigenvalue weighted by molar-refractivity contribution is 6.00. The zero-order valence-corrected chi connectivity index (χ0v) is 16.6. The zero-order valence-electron chi connectivity index (χ0n) is 16.6. The standard InChI is InChI=1S/C24H18F3N3O/c1-31-20-7-3-5-17(12-20)16-4-2-6-19(11-16)23(24(25,26)27)13-18-10-15(14-28)8-9-21(18)22(29)30-23/h2-12H,13H2,1H3,(H2,29,30). The molecule has 0 bridgehead atoms. The molecule has 4 rings (SSSR count). The molecule has 1 aliphatic heterocycles. The maximum absolute atomic E-state index is 14.5. The molecule has 0 fully saturated rings. The van der Waals surface area contributed by atoms with E-state index >= 15 is 0 Å². The number of alkyl halides is 3. The van der Waals surface area contributed by atoms with Gasteiger partial charge in [0.25, 0.3) is 0 Å². The molecule has 0 saturated carbocycles. The van der Waals surface area contributed by atoms with Crippen molar-refractivity contribution in [3.05, 3.63) is 89.0 Å². The first-order chi connectivity index (χ1) is 14.8. The van der Waals surface area contributed by atoms with E-state index in [1.54, 1.807) is 42.5 Å². The molecule has 3 aromatic carbocycles. The van der Waals surface area contributed by atoms with Crippen LogP contribution in [0.5, 0.6) is 5.75 Å². The van der Waals surface area contributed by atoms with Gasteiger partial charge in [0.05, 0.1) is 18.7 Å². The Morgan fingerprint density at radius 3 is 2.42 bits per heavy atom. The van der Waals surface area contributed by atoms with Gasteiger partial charge in [0, 0.05) is 12.0 Å². The Morgan fingerprint density at radius 2 is 1.74 bits per heavy atom. The number of hydrogen-bond donors (Lipinski definition) is 1. The SMILES string of the molecule is COc1cccc(-c2cccc(C3(C(F)(F)F)Cc4cc(C#N)ccc4C(N)=N3)c2)c1. The average molecular weight is 421 g/mol. The Kier molecular flexibility index (Phi) is 4.94. The Morgan fingerprint density at radius 1 is 1.03 bits per heavy atom. The van der Waals surface area contributed by atoms with E-state index in [-0.39, 0.29) is 17.0 Å². The van der Waals surface area contributed by atoms with Gasteiger partial charge in [-0.3, -0.25) is 0 Å². The number of nitrogens with zero attached hydrogens (tertiary/aromatic N) is 2. The first-order valence-electron chi connectivity index (χ1n) is 9.48. The first kappa shape index (κ1) is 20.5. The molecule has 4 nitrogen and oxygen atoms in total. The maximum atomic E-state index is 14.5. The summed E-state index contributed by atoms with van der Waals surface area (Å²) in [4.78, 5) is 3.98. The third kappa shape index (κ3) is 3.50. The molecule has 7 heteroatoms. The van der Waals surface area contributed by atoms with Crippen LogP contribution in [0.15, 0.2) is 71.7 Å². The second-order valence-corrected chi connectivity index (χ2v) is 7.33. The number of halogens is 3. The smallest absolute Gasteiger partial charge is 0.418 e. The number of methoxy groups -OCH3 is 1. The maximum Gasteiger partial charge on any atom is 0.418 e. The molecular formula is C24H18F3N3O. The minimum atomic E-state index is -4.70. The van der Waals surface area contributed by atoms with Crippen molar-refractivity contribution in [1.82, 2.24) is 0 Å².